The van der Waals surface area contributed by atoms with Crippen molar-refractivity contribution in [2.24, 2.45) is 5.92 Å². The highest BCUT2D eigenvalue weighted by molar-refractivity contribution is 5.18. The average Bonchev–Trinajstić information content (AvgIpc) is 2.21. The molecule has 0 aromatic carbocycles. The summed E-state index contributed by atoms with van der Waals surface area (Å²) in [6.45, 7) is 0. The number of hydrogen-bond acceptors (Lipinski definition) is 1. The molecule has 0 N–H and O–H groups in total. The van der Waals surface area contributed by atoms with Crippen LogP contribution in [0.15, 0.2) is 0 Å². The van der Waals surface area contributed by atoms with E-state index in [2.05, 4.69) is 0 Å². The zero-order chi connectivity index (χ0) is 13.7. The van der Waals surface area contributed by atoms with Crippen LogP contribution in [-0.2, 0) is 0 Å². The van der Waals surface area contributed by atoms with Crippen molar-refractivity contribution in [3.8, 4) is 17.9 Å². The third kappa shape index (κ3) is 1.78. The Morgan fingerprint density at radius 2 is 2.11 bits per heavy atom. The molecule has 46 valence electrons. The van der Waals surface area contributed by atoms with Crippen LogP contribution in [0, 0.1) is 29.1 Å². The zero-order valence-electron chi connectivity index (χ0n) is 12.5. The number of rotatable bonds is 0. The van der Waals surface area contributed by atoms with Gasteiger partial charge in [0, 0.05) is 22.8 Å². The Morgan fingerprint density at radius 3 is 2.67 bits per heavy atom. The predicted molar refractivity (Wildman–Crippen MR) is 35.3 cm³/mol. The van der Waals surface area contributed by atoms with Crippen LogP contribution in [0.2, 0.25) is 0 Å². The van der Waals surface area contributed by atoms with Crippen LogP contribution in [0.4, 0.5) is 0 Å². The van der Waals surface area contributed by atoms with Crippen molar-refractivity contribution >= 4 is 0 Å². The first-order chi connectivity index (χ1) is 7.44. The first-order valence-corrected chi connectivity index (χ1v) is 2.34. The first-order valence-electron chi connectivity index (χ1n) is 6.34. The van der Waals surface area contributed by atoms with Gasteiger partial charge in [0.05, 0.1) is 0 Å². The molecule has 0 amide bonds. The Labute approximate surface area is 66.9 Å². The van der Waals surface area contributed by atoms with Crippen LogP contribution < -0.4 is 0 Å². The summed E-state index contributed by atoms with van der Waals surface area (Å²) in [5.74, 6) is 1.97. The number of nitriles is 1. The highest BCUT2D eigenvalue weighted by Gasteiger charge is 2.10. The normalized spacial score (nSPS) is 53.7. The van der Waals surface area contributed by atoms with Crippen molar-refractivity contribution in [1.29, 1.82) is 5.26 Å². The van der Waals surface area contributed by atoms with Gasteiger partial charge in [-0.25, -0.2) is 0 Å². The summed E-state index contributed by atoms with van der Waals surface area (Å²) >= 11 is 0. The van der Waals surface area contributed by atoms with Crippen LogP contribution in [0.3, 0.4) is 0 Å². The molecule has 1 aliphatic rings. The molecule has 9 heavy (non-hydrogen) atoms. The van der Waals surface area contributed by atoms with Gasteiger partial charge in [0.2, 0.25) is 0 Å². The Balaban J connectivity index is 3.49. The lowest BCUT2D eigenvalue weighted by Crippen LogP contribution is -1.84. The fraction of sp³-hybridized carbons (Fsp3) is 0.625. The van der Waals surface area contributed by atoms with Gasteiger partial charge in [-0.3, -0.25) is 0 Å². The SMILES string of the molecule is [2H]C1([2H])C(C#CC#N)C([2H])([2H])C([2H])([2H])C1([2H])[2H]. The molecule has 0 bridgehead atoms. The molecule has 1 rings (SSSR count). The van der Waals surface area contributed by atoms with Gasteiger partial charge in [-0.05, 0) is 12.7 Å². The van der Waals surface area contributed by atoms with Crippen molar-refractivity contribution in [3.05, 3.63) is 0 Å². The van der Waals surface area contributed by atoms with Crippen LogP contribution in [-0.4, -0.2) is 0 Å². The third-order valence-corrected chi connectivity index (χ3v) is 0.768. The quantitative estimate of drug-likeness (QED) is 0.454. The molecule has 0 saturated heterocycles. The van der Waals surface area contributed by atoms with E-state index in [1.54, 1.807) is 0 Å². The summed E-state index contributed by atoms with van der Waals surface area (Å²) < 4.78 is 59.9. The zero-order valence-corrected chi connectivity index (χ0v) is 4.52. The largest absolute Gasteiger partial charge is 0.183 e. The molecule has 0 unspecified atom stereocenters. The second kappa shape index (κ2) is 3.15. The Bertz CT molecular complexity index is 409. The van der Waals surface area contributed by atoms with Crippen molar-refractivity contribution in [1.82, 2.24) is 0 Å². The first kappa shape index (κ1) is 1.55. The topological polar surface area (TPSA) is 23.8 Å². The summed E-state index contributed by atoms with van der Waals surface area (Å²) in [7, 11) is 0. The number of nitrogens with zero attached hydrogens (tertiary/aromatic N) is 1. The Kier molecular flexibility index (Phi) is 0.544. The average molecular weight is 127 g/mol. The Morgan fingerprint density at radius 1 is 1.44 bits per heavy atom. The molecule has 1 fully saturated rings. The standard InChI is InChI=1S/C8H9N/c9-7-3-6-8-4-1-2-5-8/h8H,1-2,4-5H2/i1D2,2D2,4D2,5D2. The van der Waals surface area contributed by atoms with E-state index in [4.69, 9.17) is 16.2 Å². The minimum absolute atomic E-state index is 1.39. The lowest BCUT2D eigenvalue weighted by atomic mass is 10.1. The van der Waals surface area contributed by atoms with E-state index >= 15 is 0 Å². The van der Waals surface area contributed by atoms with Gasteiger partial charge in [-0.2, -0.15) is 5.26 Å². The maximum absolute atomic E-state index is 8.27. The second-order valence-corrected chi connectivity index (χ2v) is 1.35. The van der Waals surface area contributed by atoms with E-state index in [1.807, 2.05) is 11.8 Å². The minimum atomic E-state index is -3.03. The van der Waals surface area contributed by atoms with Gasteiger partial charge in [0.25, 0.3) is 0 Å². The summed E-state index contributed by atoms with van der Waals surface area (Å²) in [5, 5.41) is 8.27. The van der Waals surface area contributed by atoms with Crippen LogP contribution in [0.25, 0.3) is 0 Å². The highest BCUT2D eigenvalue weighted by atomic mass is 14.2. The van der Waals surface area contributed by atoms with E-state index < -0.39 is 31.4 Å². The molecule has 0 spiro atoms. The molecule has 0 aliphatic heterocycles. The molecule has 1 heteroatoms. The van der Waals surface area contributed by atoms with Gasteiger partial charge in [0.15, 0.2) is 6.07 Å². The van der Waals surface area contributed by atoms with E-state index in [0.29, 0.717) is 0 Å². The van der Waals surface area contributed by atoms with Gasteiger partial charge < -0.3 is 0 Å². The molecule has 1 saturated carbocycles. The predicted octanol–water partition coefficient (Wildman–Crippen LogP) is 1.70. The molecule has 0 aromatic heterocycles. The van der Waals surface area contributed by atoms with Gasteiger partial charge in [0.1, 0.15) is 0 Å². The second-order valence-electron chi connectivity index (χ2n) is 1.35. The lowest BCUT2D eigenvalue weighted by Gasteiger charge is -1.91. The van der Waals surface area contributed by atoms with E-state index in [-0.39, 0.29) is 0 Å². The summed E-state index contributed by atoms with van der Waals surface area (Å²) in [5.41, 5.74) is 0. The molecule has 0 heterocycles. The van der Waals surface area contributed by atoms with Crippen LogP contribution in [0.1, 0.15) is 36.5 Å². The molecule has 1 aliphatic carbocycles. The van der Waals surface area contributed by atoms with Crippen molar-refractivity contribution < 1.29 is 11.0 Å². The fourth-order valence-corrected chi connectivity index (χ4v) is 0.429. The fourth-order valence-electron chi connectivity index (χ4n) is 0.429. The van der Waals surface area contributed by atoms with E-state index in [1.165, 1.54) is 6.07 Å². The van der Waals surface area contributed by atoms with Crippen molar-refractivity contribution in [2.45, 2.75) is 25.5 Å². The van der Waals surface area contributed by atoms with Crippen LogP contribution in [0.5, 0.6) is 0 Å². The summed E-state index contributed by atoms with van der Waals surface area (Å²) in [6, 6.07) is 1.39. The molecule has 1 nitrogen and oxygen atoms in total. The maximum Gasteiger partial charge on any atom is 0.152 e. The molecular formula is C8H9N. The van der Waals surface area contributed by atoms with E-state index in [0.717, 1.165) is 0 Å². The highest BCUT2D eigenvalue weighted by Crippen LogP contribution is 2.23. The maximum atomic E-state index is 8.27. The minimum Gasteiger partial charge on any atom is -0.183 e. The molecule has 0 atom stereocenters. The third-order valence-electron chi connectivity index (χ3n) is 0.768. The van der Waals surface area contributed by atoms with Crippen molar-refractivity contribution in [3.63, 3.8) is 0 Å². The van der Waals surface area contributed by atoms with Gasteiger partial charge >= 0.3 is 0 Å². The van der Waals surface area contributed by atoms with Gasteiger partial charge in [-0.15, -0.1) is 0 Å². The number of hydrogen-bond donors (Lipinski definition) is 0. The molecular weight excluding hydrogens is 110 g/mol. The lowest BCUT2D eigenvalue weighted by molar-refractivity contribution is 0.712. The molecule has 0 radical (unpaired) electrons. The Hall–Kier alpha value is -0.950. The van der Waals surface area contributed by atoms with Crippen LogP contribution >= 0.6 is 0 Å². The van der Waals surface area contributed by atoms with E-state index in [9.17, 15) is 0 Å². The smallest absolute Gasteiger partial charge is 0.152 e. The van der Waals surface area contributed by atoms with Gasteiger partial charge in [-0.1, -0.05) is 18.7 Å². The summed E-state index contributed by atoms with van der Waals surface area (Å²) in [4.78, 5) is 0. The van der Waals surface area contributed by atoms with Crippen molar-refractivity contribution in [2.75, 3.05) is 0 Å². The molecule has 0 aromatic rings. The summed E-state index contributed by atoms with van der Waals surface area (Å²) in [6.07, 6.45) is -11.7. The monoisotopic (exact) mass is 127 g/mol.